The van der Waals surface area contributed by atoms with Crippen molar-refractivity contribution in [3.63, 3.8) is 0 Å². The van der Waals surface area contributed by atoms with E-state index >= 15 is 0 Å². The average molecular weight is 139 g/mol. The minimum absolute atomic E-state index is 0.778. The molecule has 0 bridgehead atoms. The highest BCUT2D eigenvalue weighted by atomic mass is 16.5. The van der Waals surface area contributed by atoms with Gasteiger partial charge in [0.25, 0.3) is 0 Å². The van der Waals surface area contributed by atoms with Gasteiger partial charge in [-0.3, -0.25) is 10.1 Å². The summed E-state index contributed by atoms with van der Waals surface area (Å²) in [5.74, 6) is 0. The fourth-order valence-electron chi connectivity index (χ4n) is 0.479. The number of H-pyrrole nitrogens is 1. The molecule has 10 heavy (non-hydrogen) atoms. The number of aromatic amines is 1. The SMILES string of the molecule is C1=NCCO1.c1cn[nH]c1. The van der Waals surface area contributed by atoms with Crippen LogP contribution in [0.25, 0.3) is 0 Å². The molecule has 1 aliphatic rings. The summed E-state index contributed by atoms with van der Waals surface area (Å²) in [5.41, 5.74) is 0. The van der Waals surface area contributed by atoms with E-state index in [1.165, 1.54) is 6.40 Å². The molecule has 2 rings (SSSR count). The molecule has 0 fully saturated rings. The smallest absolute Gasteiger partial charge is 0.169 e. The van der Waals surface area contributed by atoms with Crippen LogP contribution < -0.4 is 0 Å². The standard InChI is InChI=1S/C3H4N2.C3H5NO/c1-2-4-5-3-1;1-2-5-3-4-1/h1-3H,(H,4,5);3H,1-2H2. The van der Waals surface area contributed by atoms with Gasteiger partial charge in [-0.2, -0.15) is 5.10 Å². The maximum Gasteiger partial charge on any atom is 0.169 e. The molecule has 0 saturated heterocycles. The van der Waals surface area contributed by atoms with Crippen LogP contribution >= 0.6 is 0 Å². The molecule has 1 N–H and O–H groups in total. The third-order valence-corrected chi connectivity index (χ3v) is 0.893. The predicted octanol–water partition coefficient (Wildman–Crippen LogP) is 0.455. The Morgan fingerprint density at radius 2 is 2.50 bits per heavy atom. The van der Waals surface area contributed by atoms with Gasteiger partial charge in [0.15, 0.2) is 6.40 Å². The number of aliphatic imine (C=N–C) groups is 1. The fraction of sp³-hybridized carbons (Fsp3) is 0.333. The first-order valence-electron chi connectivity index (χ1n) is 3.04. The molecule has 1 aliphatic heterocycles. The van der Waals surface area contributed by atoms with Gasteiger partial charge in [0.05, 0.1) is 6.54 Å². The molecule has 0 aromatic carbocycles. The molecule has 4 heteroatoms. The van der Waals surface area contributed by atoms with Crippen LogP contribution in [0.2, 0.25) is 0 Å². The highest BCUT2D eigenvalue weighted by Crippen LogP contribution is 1.78. The molecule has 2 heterocycles. The van der Waals surface area contributed by atoms with Crippen LogP contribution in [0.1, 0.15) is 0 Å². The number of aromatic nitrogens is 2. The summed E-state index contributed by atoms with van der Waals surface area (Å²) >= 11 is 0. The van der Waals surface area contributed by atoms with Crippen molar-refractivity contribution in [2.45, 2.75) is 0 Å². The van der Waals surface area contributed by atoms with Crippen molar-refractivity contribution in [2.75, 3.05) is 13.2 Å². The minimum atomic E-state index is 0.778. The van der Waals surface area contributed by atoms with E-state index < -0.39 is 0 Å². The number of ether oxygens (including phenoxy) is 1. The zero-order valence-corrected chi connectivity index (χ0v) is 5.53. The van der Waals surface area contributed by atoms with E-state index in [4.69, 9.17) is 0 Å². The van der Waals surface area contributed by atoms with E-state index in [1.54, 1.807) is 12.4 Å². The lowest BCUT2D eigenvalue weighted by molar-refractivity contribution is 0.361. The quantitative estimate of drug-likeness (QED) is 0.567. The zero-order chi connectivity index (χ0) is 7.07. The van der Waals surface area contributed by atoms with Crippen molar-refractivity contribution in [3.8, 4) is 0 Å². The Kier molecular flexibility index (Phi) is 3.09. The number of hydrogen-bond donors (Lipinski definition) is 1. The number of rotatable bonds is 0. The van der Waals surface area contributed by atoms with Crippen molar-refractivity contribution < 1.29 is 4.74 Å². The Morgan fingerprint density at radius 3 is 2.70 bits per heavy atom. The lowest BCUT2D eigenvalue weighted by Gasteiger charge is -1.76. The highest BCUT2D eigenvalue weighted by Gasteiger charge is 1.84. The first-order chi connectivity index (χ1) is 5.00. The molecule has 1 aromatic heterocycles. The molecular formula is C6H9N3O. The Morgan fingerprint density at radius 1 is 1.50 bits per heavy atom. The number of nitrogens with zero attached hydrogens (tertiary/aromatic N) is 2. The van der Waals surface area contributed by atoms with E-state index in [9.17, 15) is 0 Å². The lowest BCUT2D eigenvalue weighted by Crippen LogP contribution is -1.80. The summed E-state index contributed by atoms with van der Waals surface area (Å²) in [7, 11) is 0. The van der Waals surface area contributed by atoms with E-state index in [1.807, 2.05) is 6.07 Å². The summed E-state index contributed by atoms with van der Waals surface area (Å²) in [6, 6.07) is 1.83. The fourth-order valence-corrected chi connectivity index (χ4v) is 0.479. The normalized spacial score (nSPS) is 13.6. The molecule has 0 spiro atoms. The largest absolute Gasteiger partial charge is 0.482 e. The van der Waals surface area contributed by atoms with Crippen molar-refractivity contribution in [2.24, 2.45) is 4.99 Å². The van der Waals surface area contributed by atoms with E-state index in [0.29, 0.717) is 0 Å². The average Bonchev–Trinajstić information content (AvgIpc) is 2.67. The molecular weight excluding hydrogens is 130 g/mol. The van der Waals surface area contributed by atoms with Gasteiger partial charge in [0.2, 0.25) is 0 Å². The van der Waals surface area contributed by atoms with E-state index in [2.05, 4.69) is 19.9 Å². The van der Waals surface area contributed by atoms with Gasteiger partial charge in [-0.25, -0.2) is 0 Å². The summed E-state index contributed by atoms with van der Waals surface area (Å²) in [6.07, 6.45) is 4.94. The first kappa shape index (κ1) is 6.80. The van der Waals surface area contributed by atoms with Crippen LogP contribution in [0, 0.1) is 0 Å². The van der Waals surface area contributed by atoms with Gasteiger partial charge < -0.3 is 4.74 Å². The summed E-state index contributed by atoms with van der Waals surface area (Å²) < 4.78 is 4.65. The monoisotopic (exact) mass is 139 g/mol. The first-order valence-corrected chi connectivity index (χ1v) is 3.04. The van der Waals surface area contributed by atoms with Crippen LogP contribution in [0.4, 0.5) is 0 Å². The lowest BCUT2D eigenvalue weighted by atomic mass is 10.8. The van der Waals surface area contributed by atoms with Crippen molar-refractivity contribution >= 4 is 6.40 Å². The predicted molar refractivity (Wildman–Crippen MR) is 37.9 cm³/mol. The summed E-state index contributed by atoms with van der Waals surface area (Å²) in [6.45, 7) is 1.62. The van der Waals surface area contributed by atoms with Crippen LogP contribution in [-0.2, 0) is 4.74 Å². The van der Waals surface area contributed by atoms with Crippen molar-refractivity contribution in [1.82, 2.24) is 10.2 Å². The number of hydrogen-bond acceptors (Lipinski definition) is 3. The molecule has 1 aromatic rings. The Balaban J connectivity index is 0.0000001000. The molecule has 0 atom stereocenters. The highest BCUT2D eigenvalue weighted by molar-refractivity contribution is 5.47. The Bertz CT molecular complexity index is 148. The van der Waals surface area contributed by atoms with Gasteiger partial charge in [-0.05, 0) is 6.07 Å². The maximum atomic E-state index is 4.65. The summed E-state index contributed by atoms with van der Waals surface area (Å²) in [4.78, 5) is 3.74. The van der Waals surface area contributed by atoms with Crippen LogP contribution in [-0.4, -0.2) is 29.7 Å². The zero-order valence-electron chi connectivity index (χ0n) is 5.53. The van der Waals surface area contributed by atoms with Gasteiger partial charge >= 0.3 is 0 Å². The summed E-state index contributed by atoms with van der Waals surface area (Å²) in [5, 5.41) is 6.21. The van der Waals surface area contributed by atoms with Gasteiger partial charge in [-0.15, -0.1) is 0 Å². The maximum absolute atomic E-state index is 4.65. The Hall–Kier alpha value is -1.32. The molecule has 54 valence electrons. The molecule has 0 unspecified atom stereocenters. The second kappa shape index (κ2) is 4.55. The van der Waals surface area contributed by atoms with Crippen LogP contribution in [0.5, 0.6) is 0 Å². The van der Waals surface area contributed by atoms with Crippen molar-refractivity contribution in [3.05, 3.63) is 18.5 Å². The second-order valence-electron chi connectivity index (χ2n) is 1.65. The van der Waals surface area contributed by atoms with Crippen LogP contribution in [0.15, 0.2) is 23.5 Å². The third-order valence-electron chi connectivity index (χ3n) is 0.893. The molecule has 4 nitrogen and oxygen atoms in total. The van der Waals surface area contributed by atoms with Gasteiger partial charge in [-0.1, -0.05) is 0 Å². The van der Waals surface area contributed by atoms with Crippen LogP contribution in [0.3, 0.4) is 0 Å². The number of nitrogens with one attached hydrogen (secondary N) is 1. The van der Waals surface area contributed by atoms with Crippen molar-refractivity contribution in [1.29, 1.82) is 0 Å². The van der Waals surface area contributed by atoms with Gasteiger partial charge in [0, 0.05) is 12.4 Å². The molecule has 0 saturated carbocycles. The second-order valence-corrected chi connectivity index (χ2v) is 1.65. The Labute approximate surface area is 58.9 Å². The molecule has 0 amide bonds. The molecule has 0 aliphatic carbocycles. The topological polar surface area (TPSA) is 50.3 Å². The van der Waals surface area contributed by atoms with Gasteiger partial charge in [0.1, 0.15) is 6.61 Å². The van der Waals surface area contributed by atoms with E-state index in [0.717, 1.165) is 13.2 Å². The minimum Gasteiger partial charge on any atom is -0.482 e. The molecule has 0 radical (unpaired) electrons. The van der Waals surface area contributed by atoms with E-state index in [-0.39, 0.29) is 0 Å². The third kappa shape index (κ3) is 2.86.